The third kappa shape index (κ3) is 4.12. The molecular formula is C15H17N3O3S. The van der Waals surface area contributed by atoms with Gasteiger partial charge in [0.25, 0.3) is 5.91 Å². The molecule has 1 aromatic heterocycles. The largest absolute Gasteiger partial charge is 0.396 e. The van der Waals surface area contributed by atoms with Crippen LogP contribution in [0, 0.1) is 6.92 Å². The first-order valence-corrected chi connectivity index (χ1v) is 7.57. The number of rotatable bonds is 5. The molecule has 1 aromatic carbocycles. The summed E-state index contributed by atoms with van der Waals surface area (Å²) < 4.78 is 0. The van der Waals surface area contributed by atoms with E-state index in [0.29, 0.717) is 22.8 Å². The molecule has 0 aliphatic rings. The van der Waals surface area contributed by atoms with E-state index in [1.54, 1.807) is 24.3 Å². The molecule has 2 amide bonds. The predicted molar refractivity (Wildman–Crippen MR) is 86.3 cm³/mol. The lowest BCUT2D eigenvalue weighted by Gasteiger charge is -2.04. The molecule has 7 heteroatoms. The Balaban J connectivity index is 2.05. The van der Waals surface area contributed by atoms with Crippen molar-refractivity contribution in [3.8, 4) is 0 Å². The van der Waals surface area contributed by atoms with E-state index in [1.165, 1.54) is 18.3 Å². The molecule has 0 saturated carbocycles. The fourth-order valence-corrected chi connectivity index (χ4v) is 2.84. The van der Waals surface area contributed by atoms with Crippen molar-refractivity contribution in [2.75, 3.05) is 17.2 Å². The van der Waals surface area contributed by atoms with Gasteiger partial charge < -0.3 is 10.4 Å². The Labute approximate surface area is 132 Å². The number of benzene rings is 1. The van der Waals surface area contributed by atoms with Crippen molar-refractivity contribution in [1.29, 1.82) is 0 Å². The first kappa shape index (κ1) is 16.1. The lowest BCUT2D eigenvalue weighted by atomic mass is 10.2. The second kappa shape index (κ2) is 7.15. The number of hydrogen-bond acceptors (Lipinski definition) is 5. The number of amides is 2. The number of nitrogens with zero attached hydrogens (tertiary/aromatic N) is 1. The fourth-order valence-electron chi connectivity index (χ4n) is 1.89. The van der Waals surface area contributed by atoms with Gasteiger partial charge in [-0.3, -0.25) is 14.9 Å². The number of nitrogens with one attached hydrogen (secondary N) is 2. The fraction of sp³-hybridized carbons (Fsp3) is 0.267. The van der Waals surface area contributed by atoms with Gasteiger partial charge in [-0.15, -0.1) is 11.3 Å². The third-order valence-electron chi connectivity index (χ3n) is 2.92. The highest BCUT2D eigenvalue weighted by Crippen LogP contribution is 2.23. The van der Waals surface area contributed by atoms with E-state index in [2.05, 4.69) is 15.6 Å². The summed E-state index contributed by atoms with van der Waals surface area (Å²) in [6.45, 7) is 3.33. The van der Waals surface area contributed by atoms with Gasteiger partial charge in [-0.25, -0.2) is 4.98 Å². The molecule has 0 atom stereocenters. The van der Waals surface area contributed by atoms with Crippen molar-refractivity contribution in [3.05, 3.63) is 40.4 Å². The number of aromatic nitrogens is 1. The second-order valence-corrected chi connectivity index (χ2v) is 5.80. The molecule has 0 radical (unpaired) electrons. The van der Waals surface area contributed by atoms with Gasteiger partial charge >= 0.3 is 0 Å². The predicted octanol–water partition coefficient (Wildman–Crippen LogP) is 2.20. The number of anilines is 2. The highest BCUT2D eigenvalue weighted by Gasteiger charge is 2.11. The van der Waals surface area contributed by atoms with E-state index in [4.69, 9.17) is 5.11 Å². The molecular weight excluding hydrogens is 302 g/mol. The Morgan fingerprint density at radius 2 is 1.91 bits per heavy atom. The van der Waals surface area contributed by atoms with Crippen LogP contribution >= 0.6 is 11.3 Å². The number of carbonyl (C=O) groups is 2. The zero-order valence-corrected chi connectivity index (χ0v) is 13.2. The monoisotopic (exact) mass is 319 g/mol. The van der Waals surface area contributed by atoms with E-state index in [1.807, 2.05) is 6.92 Å². The van der Waals surface area contributed by atoms with Gasteiger partial charge in [0.1, 0.15) is 0 Å². The molecule has 2 rings (SSSR count). The minimum atomic E-state index is -0.265. The Kier molecular flexibility index (Phi) is 5.24. The van der Waals surface area contributed by atoms with Crippen LogP contribution in [-0.4, -0.2) is 28.5 Å². The number of hydrogen-bond donors (Lipinski definition) is 3. The number of aliphatic hydroxyl groups excluding tert-OH is 1. The standard InChI is InChI=1S/C15H17N3O3S/c1-9-13(7-8-19)22-15(16-9)18-14(21)11-3-5-12(6-4-11)17-10(2)20/h3-6,19H,7-8H2,1-2H3,(H,17,20)(H,16,18,21). The van der Waals surface area contributed by atoms with Crippen LogP contribution in [0.3, 0.4) is 0 Å². The number of aliphatic hydroxyl groups is 1. The average Bonchev–Trinajstić information content (AvgIpc) is 2.79. The van der Waals surface area contributed by atoms with Crippen LogP contribution in [0.25, 0.3) is 0 Å². The Morgan fingerprint density at radius 1 is 1.23 bits per heavy atom. The number of carbonyl (C=O) groups excluding carboxylic acids is 2. The van der Waals surface area contributed by atoms with Gasteiger partial charge in [-0.1, -0.05) is 0 Å². The summed E-state index contributed by atoms with van der Waals surface area (Å²) in [4.78, 5) is 28.3. The van der Waals surface area contributed by atoms with Crippen molar-refractivity contribution in [2.45, 2.75) is 20.3 Å². The van der Waals surface area contributed by atoms with Gasteiger partial charge in [0.2, 0.25) is 5.91 Å². The molecule has 0 bridgehead atoms. The molecule has 0 aliphatic carbocycles. The molecule has 0 saturated heterocycles. The Morgan fingerprint density at radius 3 is 2.50 bits per heavy atom. The highest BCUT2D eigenvalue weighted by atomic mass is 32.1. The van der Waals surface area contributed by atoms with Crippen LogP contribution < -0.4 is 10.6 Å². The minimum Gasteiger partial charge on any atom is -0.396 e. The van der Waals surface area contributed by atoms with Crippen LogP contribution in [0.4, 0.5) is 10.8 Å². The van der Waals surface area contributed by atoms with E-state index < -0.39 is 0 Å². The zero-order valence-electron chi connectivity index (χ0n) is 12.3. The molecule has 2 aromatic rings. The molecule has 1 heterocycles. The van der Waals surface area contributed by atoms with Crippen LogP contribution in [0.5, 0.6) is 0 Å². The lowest BCUT2D eigenvalue weighted by molar-refractivity contribution is -0.114. The summed E-state index contributed by atoms with van der Waals surface area (Å²) >= 11 is 1.36. The quantitative estimate of drug-likeness (QED) is 0.788. The van der Waals surface area contributed by atoms with Gasteiger partial charge in [-0.05, 0) is 31.2 Å². The molecule has 0 aliphatic heterocycles. The first-order chi connectivity index (χ1) is 10.5. The van der Waals surface area contributed by atoms with E-state index >= 15 is 0 Å². The van der Waals surface area contributed by atoms with Gasteiger partial charge in [-0.2, -0.15) is 0 Å². The Hall–Kier alpha value is -2.25. The summed E-state index contributed by atoms with van der Waals surface area (Å²) in [5.41, 5.74) is 1.93. The summed E-state index contributed by atoms with van der Waals surface area (Å²) in [6.07, 6.45) is 0.533. The van der Waals surface area contributed by atoms with E-state index in [0.717, 1.165) is 10.6 Å². The lowest BCUT2D eigenvalue weighted by Crippen LogP contribution is -2.12. The maximum absolute atomic E-state index is 12.1. The molecule has 0 unspecified atom stereocenters. The van der Waals surface area contributed by atoms with Crippen LogP contribution in [0.1, 0.15) is 27.9 Å². The van der Waals surface area contributed by atoms with Crippen LogP contribution in [0.2, 0.25) is 0 Å². The van der Waals surface area contributed by atoms with Gasteiger partial charge in [0, 0.05) is 36.1 Å². The molecule has 116 valence electrons. The zero-order chi connectivity index (χ0) is 16.1. The van der Waals surface area contributed by atoms with Crippen molar-refractivity contribution < 1.29 is 14.7 Å². The van der Waals surface area contributed by atoms with E-state index in [9.17, 15) is 9.59 Å². The third-order valence-corrected chi connectivity index (χ3v) is 4.05. The molecule has 0 spiro atoms. The Bertz CT molecular complexity index is 680. The highest BCUT2D eigenvalue weighted by molar-refractivity contribution is 7.15. The SMILES string of the molecule is CC(=O)Nc1ccc(C(=O)Nc2nc(C)c(CCO)s2)cc1. The van der Waals surface area contributed by atoms with E-state index in [-0.39, 0.29) is 18.4 Å². The molecule has 3 N–H and O–H groups in total. The summed E-state index contributed by atoms with van der Waals surface area (Å²) in [5, 5.41) is 14.9. The summed E-state index contributed by atoms with van der Waals surface area (Å²) in [7, 11) is 0. The average molecular weight is 319 g/mol. The van der Waals surface area contributed by atoms with Gasteiger partial charge in [0.05, 0.1) is 5.69 Å². The normalized spacial score (nSPS) is 10.3. The first-order valence-electron chi connectivity index (χ1n) is 6.75. The number of thiazole rings is 1. The van der Waals surface area contributed by atoms with Crippen LogP contribution in [0.15, 0.2) is 24.3 Å². The smallest absolute Gasteiger partial charge is 0.257 e. The summed E-state index contributed by atoms with van der Waals surface area (Å²) in [6, 6.07) is 6.60. The topological polar surface area (TPSA) is 91.3 Å². The minimum absolute atomic E-state index is 0.0566. The maximum atomic E-state index is 12.1. The maximum Gasteiger partial charge on any atom is 0.257 e. The van der Waals surface area contributed by atoms with Crippen molar-refractivity contribution >= 4 is 34.0 Å². The second-order valence-electron chi connectivity index (χ2n) is 4.71. The molecule has 22 heavy (non-hydrogen) atoms. The summed E-state index contributed by atoms with van der Waals surface area (Å²) in [5.74, 6) is -0.425. The van der Waals surface area contributed by atoms with Gasteiger partial charge in [0.15, 0.2) is 5.13 Å². The van der Waals surface area contributed by atoms with Crippen LogP contribution in [-0.2, 0) is 11.2 Å². The number of aryl methyl sites for hydroxylation is 1. The van der Waals surface area contributed by atoms with Crippen molar-refractivity contribution in [2.24, 2.45) is 0 Å². The van der Waals surface area contributed by atoms with Crippen molar-refractivity contribution in [3.63, 3.8) is 0 Å². The molecule has 0 fully saturated rings. The molecule has 6 nitrogen and oxygen atoms in total. The van der Waals surface area contributed by atoms with Crippen molar-refractivity contribution in [1.82, 2.24) is 4.98 Å².